The van der Waals surface area contributed by atoms with Crippen LogP contribution in [-0.4, -0.2) is 0 Å². The maximum absolute atomic E-state index is 3.65. The fraction of sp³-hybridized carbons (Fsp3) is 0.375. The van der Waals surface area contributed by atoms with E-state index in [0.717, 1.165) is 6.42 Å². The second-order valence-electron chi connectivity index (χ2n) is 4.72. The van der Waals surface area contributed by atoms with Gasteiger partial charge in [0.1, 0.15) is 0 Å². The third-order valence-electron chi connectivity index (χ3n) is 3.36. The highest BCUT2D eigenvalue weighted by atomic mass is 32.1. The van der Waals surface area contributed by atoms with Crippen molar-refractivity contribution in [2.45, 2.75) is 39.3 Å². The highest BCUT2D eigenvalue weighted by Gasteiger charge is 2.11. The lowest BCUT2D eigenvalue weighted by Crippen LogP contribution is -2.21. The quantitative estimate of drug-likeness (QED) is 0.819. The lowest BCUT2D eigenvalue weighted by atomic mass is 10.0. The van der Waals surface area contributed by atoms with Gasteiger partial charge in [0.15, 0.2) is 0 Å². The van der Waals surface area contributed by atoms with Crippen molar-refractivity contribution >= 4 is 11.3 Å². The Labute approximate surface area is 114 Å². The van der Waals surface area contributed by atoms with Crippen molar-refractivity contribution in [3.63, 3.8) is 0 Å². The molecule has 0 spiro atoms. The minimum absolute atomic E-state index is 0.382. The Morgan fingerprint density at radius 3 is 2.33 bits per heavy atom. The Bertz CT molecular complexity index is 458. The molecule has 0 aliphatic rings. The minimum Gasteiger partial charge on any atom is -0.303 e. The summed E-state index contributed by atoms with van der Waals surface area (Å²) in [5.74, 6) is 0. The van der Waals surface area contributed by atoms with Gasteiger partial charge in [-0.3, -0.25) is 0 Å². The van der Waals surface area contributed by atoms with Crippen LogP contribution in [0.4, 0.5) is 0 Å². The molecule has 0 saturated carbocycles. The number of rotatable bonds is 5. The Balaban J connectivity index is 2.00. The van der Waals surface area contributed by atoms with E-state index in [1.54, 1.807) is 0 Å². The Morgan fingerprint density at radius 2 is 1.78 bits per heavy atom. The summed E-state index contributed by atoms with van der Waals surface area (Å²) in [5.41, 5.74) is 2.76. The fourth-order valence-corrected chi connectivity index (χ4v) is 2.88. The van der Waals surface area contributed by atoms with E-state index in [1.165, 1.54) is 16.0 Å². The number of hydrogen-bond acceptors (Lipinski definition) is 2. The second kappa shape index (κ2) is 6.17. The smallest absolute Gasteiger partial charge is 0.0391 e. The van der Waals surface area contributed by atoms with E-state index >= 15 is 0 Å². The summed E-state index contributed by atoms with van der Waals surface area (Å²) >= 11 is 1.81. The molecule has 0 aliphatic heterocycles. The molecule has 1 aromatic carbocycles. The molecule has 2 heteroatoms. The molecule has 0 saturated heterocycles. The third-order valence-corrected chi connectivity index (χ3v) is 4.41. The van der Waals surface area contributed by atoms with Crippen LogP contribution in [0.2, 0.25) is 0 Å². The summed E-state index contributed by atoms with van der Waals surface area (Å²) in [6.45, 7) is 6.64. The van der Waals surface area contributed by atoms with Crippen molar-refractivity contribution in [1.82, 2.24) is 5.32 Å². The third kappa shape index (κ3) is 3.21. The van der Waals surface area contributed by atoms with Crippen molar-refractivity contribution in [3.8, 4) is 0 Å². The number of benzene rings is 1. The van der Waals surface area contributed by atoms with E-state index in [1.807, 2.05) is 11.3 Å². The van der Waals surface area contributed by atoms with E-state index < -0.39 is 0 Å². The minimum atomic E-state index is 0.382. The molecule has 0 radical (unpaired) electrons. The first-order valence-corrected chi connectivity index (χ1v) is 7.47. The normalized spacial score (nSPS) is 14.4. The van der Waals surface area contributed by atoms with Crippen LogP contribution in [0.5, 0.6) is 0 Å². The number of aryl methyl sites for hydroxylation is 1. The van der Waals surface area contributed by atoms with E-state index in [0.29, 0.717) is 12.1 Å². The van der Waals surface area contributed by atoms with Gasteiger partial charge in [0.25, 0.3) is 0 Å². The van der Waals surface area contributed by atoms with Crippen LogP contribution in [0.25, 0.3) is 0 Å². The summed E-state index contributed by atoms with van der Waals surface area (Å²) in [4.78, 5) is 1.40. The largest absolute Gasteiger partial charge is 0.303 e. The van der Waals surface area contributed by atoms with Gasteiger partial charge in [-0.1, -0.05) is 37.3 Å². The molecule has 96 valence electrons. The lowest BCUT2D eigenvalue weighted by molar-refractivity contribution is 0.500. The standard InChI is InChI=1S/C16H21NS/c1-4-14-7-9-15(10-8-14)12(2)17-13(3)16-6-5-11-18-16/h5-13,17H,4H2,1-3H3. The van der Waals surface area contributed by atoms with Gasteiger partial charge in [0, 0.05) is 17.0 Å². The molecule has 0 bridgehead atoms. The first-order chi connectivity index (χ1) is 8.70. The monoisotopic (exact) mass is 259 g/mol. The Kier molecular flexibility index (Phi) is 4.56. The molecule has 18 heavy (non-hydrogen) atoms. The predicted octanol–water partition coefficient (Wildman–Crippen LogP) is 4.72. The highest BCUT2D eigenvalue weighted by molar-refractivity contribution is 7.10. The molecule has 1 heterocycles. The second-order valence-corrected chi connectivity index (χ2v) is 5.70. The summed E-state index contributed by atoms with van der Waals surface area (Å²) in [5, 5.41) is 5.78. The molecular formula is C16H21NS. The van der Waals surface area contributed by atoms with Gasteiger partial charge in [-0.25, -0.2) is 0 Å². The van der Waals surface area contributed by atoms with Crippen LogP contribution in [-0.2, 0) is 6.42 Å². The molecule has 2 aromatic rings. The van der Waals surface area contributed by atoms with Crippen LogP contribution in [0.3, 0.4) is 0 Å². The van der Waals surface area contributed by atoms with Crippen molar-refractivity contribution < 1.29 is 0 Å². The predicted molar refractivity (Wildman–Crippen MR) is 80.1 cm³/mol. The molecule has 1 aromatic heterocycles. The van der Waals surface area contributed by atoms with Crippen LogP contribution in [0, 0.1) is 0 Å². The molecule has 2 rings (SSSR count). The molecule has 0 fully saturated rings. The average Bonchev–Trinajstić information content (AvgIpc) is 2.92. The van der Waals surface area contributed by atoms with Crippen LogP contribution < -0.4 is 5.32 Å². The average molecular weight is 259 g/mol. The van der Waals surface area contributed by atoms with E-state index in [2.05, 4.69) is 67.9 Å². The SMILES string of the molecule is CCc1ccc(C(C)NC(C)c2cccs2)cc1. The zero-order valence-electron chi connectivity index (χ0n) is 11.3. The lowest BCUT2D eigenvalue weighted by Gasteiger charge is -2.19. The zero-order chi connectivity index (χ0) is 13.0. The van der Waals surface area contributed by atoms with Crippen molar-refractivity contribution in [2.75, 3.05) is 0 Å². The van der Waals surface area contributed by atoms with E-state index in [4.69, 9.17) is 0 Å². The van der Waals surface area contributed by atoms with Gasteiger partial charge in [-0.15, -0.1) is 11.3 Å². The van der Waals surface area contributed by atoms with E-state index in [9.17, 15) is 0 Å². The van der Waals surface area contributed by atoms with Crippen LogP contribution in [0.1, 0.15) is 48.9 Å². The Hall–Kier alpha value is -1.12. The van der Waals surface area contributed by atoms with Gasteiger partial charge in [-0.2, -0.15) is 0 Å². The van der Waals surface area contributed by atoms with Gasteiger partial charge < -0.3 is 5.32 Å². The number of thiophene rings is 1. The molecule has 2 atom stereocenters. The fourth-order valence-electron chi connectivity index (χ4n) is 2.13. The maximum atomic E-state index is 3.65. The summed E-state index contributed by atoms with van der Waals surface area (Å²) in [6, 6.07) is 14.0. The number of hydrogen-bond donors (Lipinski definition) is 1. The zero-order valence-corrected chi connectivity index (χ0v) is 12.1. The topological polar surface area (TPSA) is 12.0 Å². The first-order valence-electron chi connectivity index (χ1n) is 6.59. The van der Waals surface area contributed by atoms with Gasteiger partial charge in [-0.05, 0) is 42.8 Å². The molecule has 1 nitrogen and oxygen atoms in total. The first kappa shape index (κ1) is 13.3. The maximum Gasteiger partial charge on any atom is 0.0391 e. The van der Waals surface area contributed by atoms with Gasteiger partial charge >= 0.3 is 0 Å². The van der Waals surface area contributed by atoms with Crippen molar-refractivity contribution in [3.05, 3.63) is 57.8 Å². The Morgan fingerprint density at radius 1 is 1.06 bits per heavy atom. The summed E-state index contributed by atoms with van der Waals surface area (Å²) < 4.78 is 0. The molecule has 0 amide bonds. The van der Waals surface area contributed by atoms with Gasteiger partial charge in [0.2, 0.25) is 0 Å². The van der Waals surface area contributed by atoms with Gasteiger partial charge in [0.05, 0.1) is 0 Å². The number of nitrogens with one attached hydrogen (secondary N) is 1. The van der Waals surface area contributed by atoms with Crippen LogP contribution in [0.15, 0.2) is 41.8 Å². The van der Waals surface area contributed by atoms with E-state index in [-0.39, 0.29) is 0 Å². The molecule has 0 aliphatic carbocycles. The molecular weight excluding hydrogens is 238 g/mol. The van der Waals surface area contributed by atoms with Crippen LogP contribution >= 0.6 is 11.3 Å². The van der Waals surface area contributed by atoms with Crippen molar-refractivity contribution in [1.29, 1.82) is 0 Å². The van der Waals surface area contributed by atoms with Crippen molar-refractivity contribution in [2.24, 2.45) is 0 Å². The summed E-state index contributed by atoms with van der Waals surface area (Å²) in [6.07, 6.45) is 1.10. The highest BCUT2D eigenvalue weighted by Crippen LogP contribution is 2.22. The molecule has 2 unspecified atom stereocenters. The summed E-state index contributed by atoms with van der Waals surface area (Å²) in [7, 11) is 0. The molecule has 1 N–H and O–H groups in total.